The lowest BCUT2D eigenvalue weighted by Gasteiger charge is -2.14. The van der Waals surface area contributed by atoms with Crippen molar-refractivity contribution in [2.24, 2.45) is 5.92 Å². The molecule has 1 saturated heterocycles. The van der Waals surface area contributed by atoms with Gasteiger partial charge in [0.25, 0.3) is 5.91 Å². The van der Waals surface area contributed by atoms with Gasteiger partial charge >= 0.3 is 5.97 Å². The summed E-state index contributed by atoms with van der Waals surface area (Å²) in [6.07, 6.45) is 0.496. The summed E-state index contributed by atoms with van der Waals surface area (Å²) in [7, 11) is 0. The molecule has 120 valence electrons. The molecule has 0 unspecified atom stereocenters. The highest BCUT2D eigenvalue weighted by atomic mass is 32.1. The first-order valence-electron chi connectivity index (χ1n) is 7.34. The molecule has 1 aromatic carbocycles. The van der Waals surface area contributed by atoms with E-state index in [2.05, 4.69) is 0 Å². The van der Waals surface area contributed by atoms with Crippen LogP contribution in [0.25, 0.3) is 11.1 Å². The first kappa shape index (κ1) is 15.7. The van der Waals surface area contributed by atoms with E-state index in [-0.39, 0.29) is 18.3 Å². The Morgan fingerprint density at radius 1 is 1.30 bits per heavy atom. The number of benzene rings is 1. The van der Waals surface area contributed by atoms with E-state index >= 15 is 0 Å². The number of hydrogen-bond donors (Lipinski definition) is 1. The summed E-state index contributed by atoms with van der Waals surface area (Å²) in [5.74, 6) is -1.75. The number of carboxylic acids is 1. The van der Waals surface area contributed by atoms with Crippen molar-refractivity contribution in [1.29, 1.82) is 0 Å². The average molecular weight is 333 g/mol. The van der Waals surface area contributed by atoms with Gasteiger partial charge in [-0.2, -0.15) is 0 Å². The number of hydrogen-bond acceptors (Lipinski definition) is 3. The maximum absolute atomic E-state index is 13.0. The largest absolute Gasteiger partial charge is 0.481 e. The fourth-order valence-electron chi connectivity index (χ4n) is 2.81. The molecule has 2 heterocycles. The number of halogens is 1. The summed E-state index contributed by atoms with van der Waals surface area (Å²) in [5, 5.41) is 9.04. The van der Waals surface area contributed by atoms with Gasteiger partial charge in [0.05, 0.1) is 10.8 Å². The van der Waals surface area contributed by atoms with Crippen LogP contribution in [-0.4, -0.2) is 35.0 Å². The summed E-state index contributed by atoms with van der Waals surface area (Å²) in [6, 6.07) is 7.98. The second-order valence-electron chi connectivity index (χ2n) is 5.66. The zero-order valence-electron chi connectivity index (χ0n) is 12.6. The smallest absolute Gasteiger partial charge is 0.308 e. The van der Waals surface area contributed by atoms with Crippen molar-refractivity contribution in [2.45, 2.75) is 13.3 Å². The topological polar surface area (TPSA) is 57.6 Å². The van der Waals surface area contributed by atoms with Crippen molar-refractivity contribution in [1.82, 2.24) is 4.90 Å². The fraction of sp³-hybridized carbons (Fsp3) is 0.294. The molecule has 2 aromatic rings. The molecular formula is C17H16FNO3S. The van der Waals surface area contributed by atoms with Gasteiger partial charge in [-0.15, -0.1) is 11.3 Å². The van der Waals surface area contributed by atoms with Crippen molar-refractivity contribution in [2.75, 3.05) is 13.1 Å². The Labute approximate surface area is 137 Å². The van der Waals surface area contributed by atoms with E-state index in [0.717, 1.165) is 16.0 Å². The normalized spacial score (nSPS) is 17.5. The molecule has 1 fully saturated rings. The van der Waals surface area contributed by atoms with E-state index < -0.39 is 11.9 Å². The van der Waals surface area contributed by atoms with Crippen LogP contribution in [0.3, 0.4) is 0 Å². The van der Waals surface area contributed by atoms with Crippen molar-refractivity contribution in [3.05, 3.63) is 45.9 Å². The highest BCUT2D eigenvalue weighted by Crippen LogP contribution is 2.32. The average Bonchev–Trinajstić information content (AvgIpc) is 3.14. The van der Waals surface area contributed by atoms with Crippen LogP contribution in [-0.2, 0) is 4.79 Å². The molecule has 1 atom stereocenters. The van der Waals surface area contributed by atoms with E-state index in [1.807, 2.05) is 13.0 Å². The number of likely N-dealkylation sites (tertiary alicyclic amines) is 1. The number of thiophene rings is 1. The van der Waals surface area contributed by atoms with Crippen molar-refractivity contribution >= 4 is 23.2 Å². The molecule has 1 amide bonds. The molecule has 0 saturated carbocycles. The maximum atomic E-state index is 13.0. The van der Waals surface area contributed by atoms with Crippen molar-refractivity contribution < 1.29 is 19.1 Å². The molecule has 3 rings (SSSR count). The zero-order valence-corrected chi connectivity index (χ0v) is 13.4. The zero-order chi connectivity index (χ0) is 16.6. The third kappa shape index (κ3) is 3.12. The SMILES string of the molecule is Cc1sc(C(=O)N2CC[C@H](C(=O)O)C2)cc1-c1ccc(F)cc1. The minimum absolute atomic E-state index is 0.129. The molecular weight excluding hydrogens is 317 g/mol. The van der Waals surface area contributed by atoms with Crippen LogP contribution in [0.4, 0.5) is 4.39 Å². The molecule has 1 aliphatic heterocycles. The molecule has 23 heavy (non-hydrogen) atoms. The monoisotopic (exact) mass is 333 g/mol. The van der Waals surface area contributed by atoms with E-state index in [1.165, 1.54) is 23.5 Å². The van der Waals surface area contributed by atoms with Gasteiger partial charge in [-0.3, -0.25) is 9.59 Å². The Kier molecular flexibility index (Phi) is 4.17. The van der Waals surface area contributed by atoms with Crippen LogP contribution in [0.2, 0.25) is 0 Å². The molecule has 1 aliphatic rings. The maximum Gasteiger partial charge on any atom is 0.308 e. The van der Waals surface area contributed by atoms with Gasteiger partial charge in [-0.05, 0) is 42.7 Å². The van der Waals surface area contributed by atoms with Gasteiger partial charge < -0.3 is 10.0 Å². The Bertz CT molecular complexity index is 754. The van der Waals surface area contributed by atoms with Gasteiger partial charge in [-0.25, -0.2) is 4.39 Å². The lowest BCUT2D eigenvalue weighted by atomic mass is 10.1. The second-order valence-corrected chi connectivity index (χ2v) is 6.92. The summed E-state index contributed by atoms with van der Waals surface area (Å²) in [5.41, 5.74) is 1.77. The number of carbonyl (C=O) groups excluding carboxylic acids is 1. The van der Waals surface area contributed by atoms with Crippen LogP contribution >= 0.6 is 11.3 Å². The predicted octanol–water partition coefficient (Wildman–Crippen LogP) is 3.41. The molecule has 6 heteroatoms. The quantitative estimate of drug-likeness (QED) is 0.936. The van der Waals surface area contributed by atoms with Gasteiger partial charge in [0, 0.05) is 18.0 Å². The molecule has 0 aliphatic carbocycles. The van der Waals surface area contributed by atoms with E-state index in [1.54, 1.807) is 17.0 Å². The lowest BCUT2D eigenvalue weighted by molar-refractivity contribution is -0.141. The minimum atomic E-state index is -0.852. The standard InChI is InChI=1S/C17H16FNO3S/c1-10-14(11-2-4-13(18)5-3-11)8-15(23-10)16(20)19-7-6-12(9-19)17(21)22/h2-5,8,12H,6-7,9H2,1H3,(H,21,22)/t12-/m0/s1. The molecule has 1 aromatic heterocycles. The van der Waals surface area contributed by atoms with Gasteiger partial charge in [0.1, 0.15) is 5.82 Å². The number of rotatable bonds is 3. The van der Waals surface area contributed by atoms with E-state index in [0.29, 0.717) is 17.8 Å². The van der Waals surface area contributed by atoms with Gasteiger partial charge in [-0.1, -0.05) is 12.1 Å². The number of aliphatic carboxylic acids is 1. The third-order valence-electron chi connectivity index (χ3n) is 4.11. The fourth-order valence-corrected chi connectivity index (χ4v) is 3.82. The Balaban J connectivity index is 1.82. The first-order valence-corrected chi connectivity index (χ1v) is 8.16. The summed E-state index contributed by atoms with van der Waals surface area (Å²) >= 11 is 1.39. The van der Waals surface area contributed by atoms with E-state index in [4.69, 9.17) is 5.11 Å². The first-order chi connectivity index (χ1) is 11.0. The van der Waals surface area contributed by atoms with Crippen molar-refractivity contribution in [3.63, 3.8) is 0 Å². The Morgan fingerprint density at radius 3 is 2.61 bits per heavy atom. The Hall–Kier alpha value is -2.21. The minimum Gasteiger partial charge on any atom is -0.481 e. The molecule has 1 N–H and O–H groups in total. The summed E-state index contributed by atoms with van der Waals surface area (Å²) in [4.78, 5) is 26.7. The number of aryl methyl sites for hydroxylation is 1. The predicted molar refractivity (Wildman–Crippen MR) is 86.1 cm³/mol. The lowest BCUT2D eigenvalue weighted by Crippen LogP contribution is -2.29. The van der Waals surface area contributed by atoms with Crippen LogP contribution in [0.5, 0.6) is 0 Å². The van der Waals surface area contributed by atoms with Gasteiger partial charge in [0.15, 0.2) is 0 Å². The second kappa shape index (κ2) is 6.12. The van der Waals surface area contributed by atoms with Crippen LogP contribution in [0, 0.1) is 18.7 Å². The number of carbonyl (C=O) groups is 2. The number of carboxylic acid groups (broad SMARTS) is 1. The van der Waals surface area contributed by atoms with E-state index in [9.17, 15) is 14.0 Å². The molecule has 0 bridgehead atoms. The molecule has 0 radical (unpaired) electrons. The highest BCUT2D eigenvalue weighted by Gasteiger charge is 2.32. The third-order valence-corrected chi connectivity index (χ3v) is 5.15. The molecule has 0 spiro atoms. The summed E-state index contributed by atoms with van der Waals surface area (Å²) < 4.78 is 13.0. The highest BCUT2D eigenvalue weighted by molar-refractivity contribution is 7.14. The van der Waals surface area contributed by atoms with Crippen LogP contribution < -0.4 is 0 Å². The summed E-state index contributed by atoms with van der Waals surface area (Å²) in [6.45, 7) is 2.65. The molecule has 4 nitrogen and oxygen atoms in total. The number of nitrogens with zero attached hydrogens (tertiary/aromatic N) is 1. The van der Waals surface area contributed by atoms with Crippen molar-refractivity contribution in [3.8, 4) is 11.1 Å². The van der Waals surface area contributed by atoms with Gasteiger partial charge in [0.2, 0.25) is 0 Å². The Morgan fingerprint density at radius 2 is 2.00 bits per heavy atom. The van der Waals surface area contributed by atoms with Crippen LogP contribution in [0.1, 0.15) is 21.0 Å². The van der Waals surface area contributed by atoms with Crippen LogP contribution in [0.15, 0.2) is 30.3 Å². The number of amides is 1.